The Balaban J connectivity index is 1.60. The van der Waals surface area contributed by atoms with E-state index < -0.39 is 0 Å². The van der Waals surface area contributed by atoms with Crippen LogP contribution in [0.15, 0.2) is 41.8 Å². The molecule has 4 nitrogen and oxygen atoms in total. The van der Waals surface area contributed by atoms with Gasteiger partial charge in [0.05, 0.1) is 4.88 Å². The zero-order chi connectivity index (χ0) is 15.4. The number of hydrogen-bond acceptors (Lipinski definition) is 4. The van der Waals surface area contributed by atoms with Gasteiger partial charge >= 0.3 is 0 Å². The molecule has 0 radical (unpaired) electrons. The first-order valence-corrected chi connectivity index (χ1v) is 8.56. The van der Waals surface area contributed by atoms with E-state index in [2.05, 4.69) is 34.2 Å². The molecule has 1 aliphatic heterocycles. The second-order valence-corrected chi connectivity index (χ2v) is 6.35. The predicted octanol–water partition coefficient (Wildman–Crippen LogP) is 3.14. The number of carbonyl (C=O) groups is 1. The summed E-state index contributed by atoms with van der Waals surface area (Å²) in [6.45, 7) is 7.70. The first kappa shape index (κ1) is 15.1. The normalized spacial score (nSPS) is 15.8. The fourth-order valence-electron chi connectivity index (χ4n) is 2.68. The van der Waals surface area contributed by atoms with E-state index in [9.17, 15) is 4.79 Å². The Hall–Kier alpha value is -1.85. The van der Waals surface area contributed by atoms with E-state index in [0.717, 1.165) is 43.3 Å². The highest BCUT2D eigenvalue weighted by Crippen LogP contribution is 2.20. The lowest BCUT2D eigenvalue weighted by Gasteiger charge is -2.35. The zero-order valence-electron chi connectivity index (χ0n) is 12.8. The van der Waals surface area contributed by atoms with Crippen molar-refractivity contribution < 1.29 is 4.79 Å². The molecule has 0 saturated carbocycles. The minimum Gasteiger partial charge on any atom is -0.369 e. The summed E-state index contributed by atoms with van der Waals surface area (Å²) >= 11 is 1.45. The molecule has 0 bridgehead atoms. The molecular weight excluding hydrogens is 294 g/mol. The van der Waals surface area contributed by atoms with Gasteiger partial charge in [-0.05, 0) is 42.3 Å². The van der Waals surface area contributed by atoms with Crippen LogP contribution in [0.5, 0.6) is 0 Å². The Labute approximate surface area is 135 Å². The fraction of sp³-hybridized carbons (Fsp3) is 0.353. The highest BCUT2D eigenvalue weighted by Gasteiger charge is 2.15. The van der Waals surface area contributed by atoms with Gasteiger partial charge in [0.25, 0.3) is 5.91 Å². The third kappa shape index (κ3) is 3.48. The van der Waals surface area contributed by atoms with E-state index >= 15 is 0 Å². The standard InChI is InChI=1S/C17H21N3OS/c1-2-19-9-11-20(12-10-19)15-7-5-14(6-8-15)18-17(21)16-4-3-13-22-16/h3-8,13H,2,9-12H2,1H3,(H,18,21). The molecule has 1 aliphatic rings. The van der Waals surface area contributed by atoms with Crippen molar-refractivity contribution in [2.45, 2.75) is 6.92 Å². The summed E-state index contributed by atoms with van der Waals surface area (Å²) in [5.41, 5.74) is 2.07. The number of hydrogen-bond donors (Lipinski definition) is 1. The van der Waals surface area contributed by atoms with Crippen molar-refractivity contribution in [2.24, 2.45) is 0 Å². The first-order valence-electron chi connectivity index (χ1n) is 7.68. The molecule has 1 N–H and O–H groups in total. The summed E-state index contributed by atoms with van der Waals surface area (Å²) in [6.07, 6.45) is 0. The molecule has 1 fully saturated rings. The molecule has 1 aromatic heterocycles. The lowest BCUT2D eigenvalue weighted by Crippen LogP contribution is -2.46. The van der Waals surface area contributed by atoms with Crippen LogP contribution in [0.2, 0.25) is 0 Å². The van der Waals surface area contributed by atoms with Crippen LogP contribution >= 0.6 is 11.3 Å². The maximum absolute atomic E-state index is 12.0. The fourth-order valence-corrected chi connectivity index (χ4v) is 3.30. The van der Waals surface area contributed by atoms with E-state index in [1.165, 1.54) is 17.0 Å². The van der Waals surface area contributed by atoms with Gasteiger partial charge in [-0.25, -0.2) is 0 Å². The third-order valence-corrected chi connectivity index (χ3v) is 4.92. The number of likely N-dealkylation sites (N-methyl/N-ethyl adjacent to an activating group) is 1. The average Bonchev–Trinajstić information content (AvgIpc) is 3.10. The largest absolute Gasteiger partial charge is 0.369 e. The highest BCUT2D eigenvalue weighted by atomic mass is 32.1. The van der Waals surface area contributed by atoms with Crippen LogP contribution in [-0.4, -0.2) is 43.5 Å². The van der Waals surface area contributed by atoms with Crippen molar-refractivity contribution in [2.75, 3.05) is 42.9 Å². The number of piperazine rings is 1. The summed E-state index contributed by atoms with van der Waals surface area (Å²) < 4.78 is 0. The summed E-state index contributed by atoms with van der Waals surface area (Å²) in [5.74, 6) is -0.0423. The first-order chi connectivity index (χ1) is 10.8. The number of benzene rings is 1. The number of nitrogens with zero attached hydrogens (tertiary/aromatic N) is 2. The van der Waals surface area contributed by atoms with Crippen LogP contribution in [0, 0.1) is 0 Å². The van der Waals surface area contributed by atoms with Crippen LogP contribution in [0.3, 0.4) is 0 Å². The maximum Gasteiger partial charge on any atom is 0.265 e. The molecule has 1 saturated heterocycles. The molecule has 2 heterocycles. The van der Waals surface area contributed by atoms with Crippen LogP contribution in [0.25, 0.3) is 0 Å². The number of thiophene rings is 1. The maximum atomic E-state index is 12.0. The highest BCUT2D eigenvalue weighted by molar-refractivity contribution is 7.12. The lowest BCUT2D eigenvalue weighted by molar-refractivity contribution is 0.103. The second-order valence-electron chi connectivity index (χ2n) is 5.40. The van der Waals surface area contributed by atoms with E-state index in [4.69, 9.17) is 0 Å². The SMILES string of the molecule is CCN1CCN(c2ccc(NC(=O)c3cccs3)cc2)CC1. The van der Waals surface area contributed by atoms with Gasteiger partial charge in [0.2, 0.25) is 0 Å². The van der Waals surface area contributed by atoms with E-state index in [0.29, 0.717) is 0 Å². The van der Waals surface area contributed by atoms with Crippen molar-refractivity contribution in [3.8, 4) is 0 Å². The molecule has 1 amide bonds. The Morgan fingerprint density at radius 2 is 1.86 bits per heavy atom. The van der Waals surface area contributed by atoms with Crippen LogP contribution < -0.4 is 10.2 Å². The molecule has 2 aromatic rings. The molecule has 0 atom stereocenters. The molecule has 0 spiro atoms. The summed E-state index contributed by atoms with van der Waals surface area (Å²) in [7, 11) is 0. The van der Waals surface area contributed by atoms with Gasteiger partial charge in [-0.2, -0.15) is 0 Å². The number of carbonyl (C=O) groups excluding carboxylic acids is 1. The van der Waals surface area contributed by atoms with Gasteiger partial charge in [-0.3, -0.25) is 4.79 Å². The number of anilines is 2. The minimum absolute atomic E-state index is 0.0423. The molecule has 0 unspecified atom stereocenters. The van der Waals surface area contributed by atoms with Gasteiger partial charge in [0, 0.05) is 37.6 Å². The topological polar surface area (TPSA) is 35.6 Å². The Bertz CT molecular complexity index is 601. The van der Waals surface area contributed by atoms with Crippen molar-refractivity contribution >= 4 is 28.6 Å². The van der Waals surface area contributed by atoms with Crippen LogP contribution in [0.1, 0.15) is 16.6 Å². The van der Waals surface area contributed by atoms with E-state index in [-0.39, 0.29) is 5.91 Å². The molecule has 22 heavy (non-hydrogen) atoms. The summed E-state index contributed by atoms with van der Waals surface area (Å²) in [6, 6.07) is 11.9. The smallest absolute Gasteiger partial charge is 0.265 e. The second kappa shape index (κ2) is 6.94. The quantitative estimate of drug-likeness (QED) is 0.941. The molecule has 5 heteroatoms. The Morgan fingerprint density at radius 3 is 2.45 bits per heavy atom. The number of nitrogens with one attached hydrogen (secondary N) is 1. The molecule has 0 aliphatic carbocycles. The average molecular weight is 315 g/mol. The van der Waals surface area contributed by atoms with E-state index in [1.54, 1.807) is 0 Å². The number of rotatable bonds is 4. The summed E-state index contributed by atoms with van der Waals surface area (Å²) in [5, 5.41) is 4.85. The molecule has 116 valence electrons. The van der Waals surface area contributed by atoms with Crippen LogP contribution in [-0.2, 0) is 0 Å². The third-order valence-electron chi connectivity index (χ3n) is 4.05. The van der Waals surface area contributed by atoms with Gasteiger partial charge in [-0.15, -0.1) is 11.3 Å². The van der Waals surface area contributed by atoms with Crippen molar-refractivity contribution in [1.82, 2.24) is 4.90 Å². The number of amides is 1. The summed E-state index contributed by atoms with van der Waals surface area (Å²) in [4.78, 5) is 17.6. The van der Waals surface area contributed by atoms with Crippen molar-refractivity contribution in [1.29, 1.82) is 0 Å². The van der Waals surface area contributed by atoms with Crippen LogP contribution in [0.4, 0.5) is 11.4 Å². The van der Waals surface area contributed by atoms with Gasteiger partial charge < -0.3 is 15.1 Å². The molecular formula is C17H21N3OS. The van der Waals surface area contributed by atoms with Gasteiger partial charge in [0.15, 0.2) is 0 Å². The minimum atomic E-state index is -0.0423. The monoisotopic (exact) mass is 315 g/mol. The van der Waals surface area contributed by atoms with E-state index in [1.807, 2.05) is 29.6 Å². The Morgan fingerprint density at radius 1 is 1.14 bits per heavy atom. The molecule has 1 aromatic carbocycles. The van der Waals surface area contributed by atoms with Gasteiger partial charge in [0.1, 0.15) is 0 Å². The molecule has 3 rings (SSSR count). The predicted molar refractivity (Wildman–Crippen MR) is 93.0 cm³/mol. The van der Waals surface area contributed by atoms with Crippen molar-refractivity contribution in [3.05, 3.63) is 46.7 Å². The lowest BCUT2D eigenvalue weighted by atomic mass is 10.2. The van der Waals surface area contributed by atoms with Crippen molar-refractivity contribution in [3.63, 3.8) is 0 Å². The Kier molecular flexibility index (Phi) is 4.75. The zero-order valence-corrected chi connectivity index (χ0v) is 13.6. The van der Waals surface area contributed by atoms with Gasteiger partial charge in [-0.1, -0.05) is 13.0 Å².